The van der Waals surface area contributed by atoms with E-state index in [-0.39, 0.29) is 30.4 Å². The van der Waals surface area contributed by atoms with Crippen molar-refractivity contribution >= 4 is 21.7 Å². The van der Waals surface area contributed by atoms with Crippen LogP contribution in [0, 0.1) is 5.41 Å². The summed E-state index contributed by atoms with van der Waals surface area (Å²) in [4.78, 5) is 23.4. The topological polar surface area (TPSA) is 89.5 Å². The molecule has 0 aromatic heterocycles. The lowest BCUT2D eigenvalue weighted by Gasteiger charge is -2.35. The molecular formula is C11H17NO5S. The third kappa shape index (κ3) is 2.36. The minimum Gasteiger partial charge on any atom is -0.464 e. The zero-order valence-electron chi connectivity index (χ0n) is 10.3. The normalized spacial score (nSPS) is 28.9. The van der Waals surface area contributed by atoms with Crippen molar-refractivity contribution in [3.8, 4) is 0 Å². The number of nitrogens with one attached hydrogen (secondary N) is 1. The summed E-state index contributed by atoms with van der Waals surface area (Å²) in [7, 11) is -3.02. The second kappa shape index (κ2) is 4.53. The molecule has 7 heteroatoms. The van der Waals surface area contributed by atoms with Crippen molar-refractivity contribution in [3.63, 3.8) is 0 Å². The van der Waals surface area contributed by atoms with Crippen LogP contribution >= 0.6 is 0 Å². The van der Waals surface area contributed by atoms with Crippen LogP contribution in [0.15, 0.2) is 0 Å². The Kier molecular flexibility index (Phi) is 3.35. The zero-order chi connectivity index (χ0) is 13.4. The Morgan fingerprint density at radius 2 is 2.06 bits per heavy atom. The quantitative estimate of drug-likeness (QED) is 0.695. The molecule has 2 heterocycles. The van der Waals surface area contributed by atoms with E-state index in [1.807, 2.05) is 0 Å². The minimum absolute atomic E-state index is 0.0395. The molecule has 1 amide bonds. The number of rotatable bonds is 2. The van der Waals surface area contributed by atoms with Crippen molar-refractivity contribution in [3.05, 3.63) is 0 Å². The summed E-state index contributed by atoms with van der Waals surface area (Å²) < 4.78 is 27.9. The van der Waals surface area contributed by atoms with Gasteiger partial charge in [0, 0.05) is 11.8 Å². The summed E-state index contributed by atoms with van der Waals surface area (Å²) in [6, 6.07) is -0.694. The first-order valence-corrected chi connectivity index (χ1v) is 7.87. The third-order valence-corrected chi connectivity index (χ3v) is 5.43. The molecule has 2 aliphatic heterocycles. The molecule has 0 radical (unpaired) electrons. The summed E-state index contributed by atoms with van der Waals surface area (Å²) >= 11 is 0. The number of hydrogen-bond donors (Lipinski definition) is 1. The summed E-state index contributed by atoms with van der Waals surface area (Å²) in [5.74, 6) is -0.578. The van der Waals surface area contributed by atoms with Gasteiger partial charge in [-0.25, -0.2) is 13.2 Å². The van der Waals surface area contributed by atoms with Crippen LogP contribution in [-0.4, -0.2) is 44.4 Å². The molecule has 6 nitrogen and oxygen atoms in total. The summed E-state index contributed by atoms with van der Waals surface area (Å²) in [5.41, 5.74) is -0.575. The van der Waals surface area contributed by atoms with E-state index in [0.717, 1.165) is 0 Å². The van der Waals surface area contributed by atoms with Gasteiger partial charge in [-0.2, -0.15) is 0 Å². The first-order chi connectivity index (χ1) is 8.38. The molecule has 1 spiro atoms. The number of hydrogen-bond acceptors (Lipinski definition) is 5. The van der Waals surface area contributed by atoms with Gasteiger partial charge < -0.3 is 10.1 Å². The SMILES string of the molecule is CCOC(=O)C1NC(=O)CC12CCS(=O)(=O)CC2. The summed E-state index contributed by atoms with van der Waals surface area (Å²) in [6.45, 7) is 1.95. The van der Waals surface area contributed by atoms with Crippen LogP contribution < -0.4 is 5.32 Å². The standard InChI is InChI=1S/C11H17NO5S/c1-2-17-10(14)9-11(7-8(13)12-9)3-5-18(15,16)6-4-11/h9H,2-7H2,1H3,(H,12,13). The van der Waals surface area contributed by atoms with Crippen molar-refractivity contribution in [1.82, 2.24) is 5.32 Å². The fourth-order valence-electron chi connectivity index (χ4n) is 2.73. The Labute approximate surface area is 106 Å². The predicted octanol–water partition coefficient (Wildman–Crippen LogP) is -0.367. The average molecular weight is 275 g/mol. The van der Waals surface area contributed by atoms with Crippen LogP contribution in [0.2, 0.25) is 0 Å². The maximum absolute atomic E-state index is 11.8. The van der Waals surface area contributed by atoms with E-state index in [0.29, 0.717) is 12.8 Å². The van der Waals surface area contributed by atoms with E-state index in [1.54, 1.807) is 6.92 Å². The van der Waals surface area contributed by atoms with Crippen molar-refractivity contribution in [2.45, 2.75) is 32.2 Å². The van der Waals surface area contributed by atoms with Gasteiger partial charge in [0.25, 0.3) is 0 Å². The Balaban J connectivity index is 2.19. The molecule has 2 rings (SSSR count). The highest BCUT2D eigenvalue weighted by atomic mass is 32.2. The molecule has 2 aliphatic rings. The highest BCUT2D eigenvalue weighted by Crippen LogP contribution is 2.43. The van der Waals surface area contributed by atoms with Gasteiger partial charge in [-0.3, -0.25) is 4.79 Å². The van der Waals surface area contributed by atoms with Crippen molar-refractivity contribution in [2.75, 3.05) is 18.1 Å². The number of amides is 1. The van der Waals surface area contributed by atoms with Crippen LogP contribution in [0.25, 0.3) is 0 Å². The number of ether oxygens (including phenoxy) is 1. The molecule has 0 saturated carbocycles. The highest BCUT2D eigenvalue weighted by Gasteiger charge is 2.53. The van der Waals surface area contributed by atoms with Gasteiger partial charge in [-0.15, -0.1) is 0 Å². The van der Waals surface area contributed by atoms with Crippen LogP contribution in [0.3, 0.4) is 0 Å². The average Bonchev–Trinajstić information content (AvgIpc) is 2.61. The van der Waals surface area contributed by atoms with Gasteiger partial charge in [-0.1, -0.05) is 0 Å². The van der Waals surface area contributed by atoms with Crippen molar-refractivity contribution in [1.29, 1.82) is 0 Å². The first kappa shape index (κ1) is 13.3. The van der Waals surface area contributed by atoms with Crippen LogP contribution in [0.4, 0.5) is 0 Å². The Morgan fingerprint density at radius 1 is 1.44 bits per heavy atom. The molecular weight excluding hydrogens is 258 g/mol. The van der Waals surface area contributed by atoms with Gasteiger partial charge in [0.15, 0.2) is 0 Å². The second-order valence-electron chi connectivity index (χ2n) is 4.94. The lowest BCUT2D eigenvalue weighted by atomic mass is 9.75. The zero-order valence-corrected chi connectivity index (χ0v) is 11.1. The molecule has 0 aliphatic carbocycles. The molecule has 2 saturated heterocycles. The molecule has 0 aromatic rings. The largest absolute Gasteiger partial charge is 0.464 e. The third-order valence-electron chi connectivity index (χ3n) is 3.77. The smallest absolute Gasteiger partial charge is 0.329 e. The molecule has 18 heavy (non-hydrogen) atoms. The fourth-order valence-corrected chi connectivity index (χ4v) is 4.37. The minimum atomic E-state index is -3.02. The lowest BCUT2D eigenvalue weighted by Crippen LogP contribution is -2.48. The van der Waals surface area contributed by atoms with E-state index in [1.165, 1.54) is 0 Å². The molecule has 102 valence electrons. The van der Waals surface area contributed by atoms with Crippen molar-refractivity contribution in [2.24, 2.45) is 5.41 Å². The Bertz CT molecular complexity index is 456. The number of sulfone groups is 1. The Morgan fingerprint density at radius 3 is 2.61 bits per heavy atom. The fraction of sp³-hybridized carbons (Fsp3) is 0.818. The van der Waals surface area contributed by atoms with Gasteiger partial charge in [-0.05, 0) is 19.8 Å². The first-order valence-electron chi connectivity index (χ1n) is 6.05. The summed E-state index contributed by atoms with van der Waals surface area (Å²) in [5, 5.41) is 2.62. The predicted molar refractivity (Wildman–Crippen MR) is 63.5 cm³/mol. The van der Waals surface area contributed by atoms with Gasteiger partial charge in [0.05, 0.1) is 18.1 Å². The van der Waals surface area contributed by atoms with Crippen LogP contribution in [-0.2, 0) is 24.2 Å². The molecule has 0 bridgehead atoms. The van der Waals surface area contributed by atoms with E-state index >= 15 is 0 Å². The number of esters is 1. The number of carbonyl (C=O) groups is 2. The van der Waals surface area contributed by atoms with E-state index in [2.05, 4.69) is 5.32 Å². The van der Waals surface area contributed by atoms with Crippen LogP contribution in [0.1, 0.15) is 26.2 Å². The molecule has 0 aromatic carbocycles. The van der Waals surface area contributed by atoms with E-state index in [9.17, 15) is 18.0 Å². The maximum atomic E-state index is 11.8. The van der Waals surface area contributed by atoms with Gasteiger partial charge >= 0.3 is 5.97 Å². The molecule has 1 unspecified atom stereocenters. The molecule has 1 atom stereocenters. The second-order valence-corrected chi connectivity index (χ2v) is 7.25. The molecule has 2 fully saturated rings. The maximum Gasteiger partial charge on any atom is 0.329 e. The van der Waals surface area contributed by atoms with E-state index < -0.39 is 27.3 Å². The van der Waals surface area contributed by atoms with Crippen molar-refractivity contribution < 1.29 is 22.7 Å². The lowest BCUT2D eigenvalue weighted by molar-refractivity contribution is -0.148. The highest BCUT2D eigenvalue weighted by molar-refractivity contribution is 7.91. The summed E-state index contributed by atoms with van der Waals surface area (Å²) in [6.07, 6.45) is 0.904. The van der Waals surface area contributed by atoms with E-state index in [4.69, 9.17) is 4.74 Å². The number of carbonyl (C=O) groups excluding carboxylic acids is 2. The van der Waals surface area contributed by atoms with Gasteiger partial charge in [0.2, 0.25) is 5.91 Å². The molecule has 1 N–H and O–H groups in total. The van der Waals surface area contributed by atoms with Crippen LogP contribution in [0.5, 0.6) is 0 Å². The monoisotopic (exact) mass is 275 g/mol. The van der Waals surface area contributed by atoms with Gasteiger partial charge in [0.1, 0.15) is 15.9 Å². The Hall–Kier alpha value is -1.11.